The molecule has 0 bridgehead atoms. The molecule has 0 aliphatic heterocycles. The molecule has 0 rings (SSSR count). The van der Waals surface area contributed by atoms with Crippen LogP contribution in [0.15, 0.2) is 0 Å². The zero-order valence-electron chi connectivity index (χ0n) is 12.8. The molecule has 0 aliphatic rings. The number of halogens is 1. The van der Waals surface area contributed by atoms with Crippen molar-refractivity contribution in [3.63, 3.8) is 0 Å². The zero-order valence-corrected chi connectivity index (χ0v) is 16.6. The first kappa shape index (κ1) is 17.9. The molecule has 0 amide bonds. The van der Waals surface area contributed by atoms with Crippen LogP contribution in [0.2, 0.25) is 43.8 Å². The van der Waals surface area contributed by atoms with Crippen LogP contribution >= 0.6 is 11.1 Å². The summed E-state index contributed by atoms with van der Waals surface area (Å²) in [4.78, 5) is 0. The van der Waals surface area contributed by atoms with Crippen molar-refractivity contribution in [1.29, 1.82) is 0 Å². The molecule has 0 aromatic carbocycles. The van der Waals surface area contributed by atoms with Crippen molar-refractivity contribution in [3.05, 3.63) is 0 Å². The second kappa shape index (κ2) is 5.88. The van der Waals surface area contributed by atoms with E-state index in [4.69, 9.17) is 19.3 Å². The summed E-state index contributed by atoms with van der Waals surface area (Å²) < 4.78 is 12.6. The molecule has 0 atom stereocenters. The molecule has 0 aromatic rings. The van der Waals surface area contributed by atoms with Crippen LogP contribution in [-0.4, -0.2) is 24.5 Å². The van der Waals surface area contributed by atoms with E-state index in [0.717, 1.165) is 0 Å². The van der Waals surface area contributed by atoms with E-state index in [1.807, 2.05) is 0 Å². The van der Waals surface area contributed by atoms with E-state index >= 15 is 0 Å². The Labute approximate surface area is 115 Å². The first-order valence-corrected chi connectivity index (χ1v) is 15.7. The molecule has 0 spiro atoms. The van der Waals surface area contributed by atoms with Crippen molar-refractivity contribution in [2.45, 2.75) is 71.5 Å². The van der Waals surface area contributed by atoms with Gasteiger partial charge in [0.15, 0.2) is 8.32 Å². The summed E-state index contributed by atoms with van der Waals surface area (Å²) in [5, 5.41) is 0. The Morgan fingerprint density at radius 3 is 1.35 bits per heavy atom. The third kappa shape index (κ3) is 6.02. The van der Waals surface area contributed by atoms with Crippen LogP contribution in [0.4, 0.5) is 0 Å². The molecule has 2 nitrogen and oxygen atoms in total. The quantitative estimate of drug-likeness (QED) is 0.504. The number of rotatable bonds is 6. The van der Waals surface area contributed by atoms with E-state index in [2.05, 4.69) is 60.4 Å². The van der Waals surface area contributed by atoms with E-state index in [1.54, 1.807) is 0 Å². The second-order valence-corrected chi connectivity index (χ2v) is 20.9. The molecule has 0 saturated heterocycles. The van der Waals surface area contributed by atoms with Crippen molar-refractivity contribution in [2.75, 3.05) is 0 Å². The highest BCUT2D eigenvalue weighted by molar-refractivity contribution is 7.20. The summed E-state index contributed by atoms with van der Waals surface area (Å²) >= 11 is 6.81. The molecule has 17 heavy (non-hydrogen) atoms. The molecule has 0 N–H and O–H groups in total. The fourth-order valence-electron chi connectivity index (χ4n) is 2.04. The summed E-state index contributed by atoms with van der Waals surface area (Å²) in [6.45, 7) is 19.5. The van der Waals surface area contributed by atoms with Gasteiger partial charge in [-0.05, 0) is 43.8 Å². The maximum atomic E-state index is 6.81. The van der Waals surface area contributed by atoms with E-state index in [-0.39, 0.29) is 0 Å². The third-order valence-electron chi connectivity index (χ3n) is 2.53. The van der Waals surface area contributed by atoms with Crippen molar-refractivity contribution in [2.24, 2.45) is 0 Å². The second-order valence-electron chi connectivity index (χ2n) is 6.72. The van der Waals surface area contributed by atoms with Crippen molar-refractivity contribution < 1.29 is 8.23 Å². The summed E-state index contributed by atoms with van der Waals surface area (Å²) in [5.74, 6) is 0. The van der Waals surface area contributed by atoms with Gasteiger partial charge in [-0.15, -0.1) is 11.1 Å². The predicted octanol–water partition coefficient (Wildman–Crippen LogP) is 5.06. The molecule has 0 radical (unpaired) electrons. The average Bonchev–Trinajstić information content (AvgIpc) is 1.96. The van der Waals surface area contributed by atoms with Crippen molar-refractivity contribution in [3.8, 4) is 0 Å². The highest BCUT2D eigenvalue weighted by Gasteiger charge is 2.47. The van der Waals surface area contributed by atoms with Gasteiger partial charge < -0.3 is 8.23 Å². The van der Waals surface area contributed by atoms with Gasteiger partial charge in [0, 0.05) is 0 Å². The third-order valence-corrected chi connectivity index (χ3v) is 16.6. The predicted molar refractivity (Wildman–Crippen MR) is 84.8 cm³/mol. The topological polar surface area (TPSA) is 18.5 Å². The summed E-state index contributed by atoms with van der Waals surface area (Å²) in [6.07, 6.45) is 0. The van der Waals surface area contributed by atoms with Crippen LogP contribution in [0.3, 0.4) is 0 Å². The fourth-order valence-corrected chi connectivity index (χ4v) is 16.4. The van der Waals surface area contributed by atoms with Crippen LogP contribution in [0.5, 0.6) is 0 Å². The van der Waals surface area contributed by atoms with Crippen molar-refractivity contribution in [1.82, 2.24) is 0 Å². The van der Waals surface area contributed by atoms with Crippen molar-refractivity contribution >= 4 is 35.6 Å². The SMILES string of the molecule is CC(C)[Si](Cl)(O[Si](C)(C)O[Si](C)(C)C)C(C)C. The molecule has 0 saturated carbocycles. The van der Waals surface area contributed by atoms with Crippen LogP contribution in [0.1, 0.15) is 27.7 Å². The van der Waals surface area contributed by atoms with Gasteiger partial charge in [0.25, 0.3) is 7.63 Å². The molecular formula is C11H29ClO2Si3. The first-order chi connectivity index (χ1) is 7.30. The highest BCUT2D eigenvalue weighted by Crippen LogP contribution is 2.39. The van der Waals surface area contributed by atoms with Gasteiger partial charge in [-0.3, -0.25) is 0 Å². The minimum atomic E-state index is -2.21. The van der Waals surface area contributed by atoms with Gasteiger partial charge in [0.05, 0.1) is 0 Å². The zero-order chi connectivity index (χ0) is 14.1. The number of hydrogen-bond acceptors (Lipinski definition) is 2. The molecular weight excluding hydrogens is 284 g/mol. The Morgan fingerprint density at radius 1 is 0.765 bits per heavy atom. The maximum Gasteiger partial charge on any atom is 0.311 e. The molecule has 0 aromatic heterocycles. The smallest absolute Gasteiger partial charge is 0.311 e. The van der Waals surface area contributed by atoms with Gasteiger partial charge in [-0.1, -0.05) is 27.7 Å². The Hall–Kier alpha value is 0.861. The van der Waals surface area contributed by atoms with Gasteiger partial charge in [-0.2, -0.15) is 0 Å². The molecule has 0 heterocycles. The van der Waals surface area contributed by atoms with Crippen LogP contribution < -0.4 is 0 Å². The molecule has 0 unspecified atom stereocenters. The average molecular weight is 313 g/mol. The van der Waals surface area contributed by atoms with E-state index < -0.39 is 24.5 Å². The minimum absolute atomic E-state index is 0.404. The largest absolute Gasteiger partial charge is 0.437 e. The van der Waals surface area contributed by atoms with E-state index in [0.29, 0.717) is 11.1 Å². The Bertz CT molecular complexity index is 242. The maximum absolute atomic E-state index is 6.81. The Balaban J connectivity index is 4.89. The Kier molecular flexibility index (Phi) is 6.18. The van der Waals surface area contributed by atoms with Gasteiger partial charge in [0.1, 0.15) is 0 Å². The van der Waals surface area contributed by atoms with Crippen LogP contribution in [0.25, 0.3) is 0 Å². The lowest BCUT2D eigenvalue weighted by molar-refractivity contribution is 0.385. The molecule has 6 heteroatoms. The highest BCUT2D eigenvalue weighted by atomic mass is 35.6. The normalized spacial score (nSPS) is 14.8. The van der Waals surface area contributed by atoms with Crippen LogP contribution in [0, 0.1) is 0 Å². The fraction of sp³-hybridized carbons (Fsp3) is 1.00. The molecule has 104 valence electrons. The summed E-state index contributed by atoms with van der Waals surface area (Å²) in [7, 11) is -5.88. The number of hydrogen-bond donors (Lipinski definition) is 0. The van der Waals surface area contributed by atoms with E-state index in [9.17, 15) is 0 Å². The lowest BCUT2D eigenvalue weighted by atomic mass is 10.5. The van der Waals surface area contributed by atoms with Gasteiger partial charge in [-0.25, -0.2) is 0 Å². The van der Waals surface area contributed by atoms with Gasteiger partial charge >= 0.3 is 8.56 Å². The lowest BCUT2D eigenvalue weighted by Crippen LogP contribution is -2.54. The Morgan fingerprint density at radius 2 is 1.12 bits per heavy atom. The summed E-state index contributed by atoms with van der Waals surface area (Å²) in [5.41, 5.74) is 0.808. The minimum Gasteiger partial charge on any atom is -0.437 e. The standard InChI is InChI=1S/C11H29ClO2Si3/c1-10(2)17(12,11(3)4)14-16(8,9)13-15(5,6)7/h10-11H,1-9H3. The summed E-state index contributed by atoms with van der Waals surface area (Å²) in [6, 6.07) is 0. The monoisotopic (exact) mass is 312 g/mol. The van der Waals surface area contributed by atoms with Crippen LogP contribution in [-0.2, 0) is 8.23 Å². The first-order valence-electron chi connectivity index (χ1n) is 6.39. The van der Waals surface area contributed by atoms with E-state index in [1.165, 1.54) is 0 Å². The molecule has 0 fully saturated rings. The molecule has 0 aliphatic carbocycles. The lowest BCUT2D eigenvalue weighted by Gasteiger charge is -2.41. The van der Waals surface area contributed by atoms with Gasteiger partial charge in [0.2, 0.25) is 0 Å².